The van der Waals surface area contributed by atoms with Crippen molar-refractivity contribution in [2.24, 2.45) is 0 Å². The summed E-state index contributed by atoms with van der Waals surface area (Å²) in [6, 6.07) is 0. The van der Waals surface area contributed by atoms with Gasteiger partial charge in [0.05, 0.1) is 6.10 Å². The number of ketones is 2. The van der Waals surface area contributed by atoms with Crippen LogP contribution in [0.4, 0.5) is 0 Å². The number of hydrogen-bond acceptors (Lipinski definition) is 4. The average Bonchev–Trinajstić information content (AvgIpc) is 2.71. The third kappa shape index (κ3) is 7.82. The van der Waals surface area contributed by atoms with Gasteiger partial charge in [0.15, 0.2) is 19.9 Å². The Morgan fingerprint density at radius 2 is 2.09 bits per heavy atom. The van der Waals surface area contributed by atoms with Gasteiger partial charge in [-0.3, -0.25) is 9.59 Å². The Morgan fingerprint density at radius 3 is 2.73 bits per heavy atom. The van der Waals surface area contributed by atoms with Crippen molar-refractivity contribution in [3.8, 4) is 0 Å². The number of allylic oxidation sites excluding steroid dienone is 3. The molecule has 1 aliphatic rings. The first kappa shape index (κ1) is 19.0. The highest BCUT2D eigenvalue weighted by Crippen LogP contribution is 2.23. The minimum absolute atomic E-state index is 0.0331. The Balaban J connectivity index is 2.28. The Labute approximate surface area is 134 Å². The van der Waals surface area contributed by atoms with Gasteiger partial charge in [-0.2, -0.15) is 0 Å². The number of ether oxygens (including phenoxy) is 1. The molecule has 0 radical (unpaired) electrons. The summed E-state index contributed by atoms with van der Waals surface area (Å²) in [5.74, 6) is 0.332. The molecule has 1 rings (SSSR count). The molecule has 0 aromatic rings. The molecular weight excluding hydrogens is 296 g/mol. The third-order valence-corrected chi connectivity index (χ3v) is 4.28. The van der Waals surface area contributed by atoms with Gasteiger partial charge in [0.1, 0.15) is 6.61 Å². The van der Waals surface area contributed by atoms with Gasteiger partial charge < -0.3 is 9.16 Å². The van der Waals surface area contributed by atoms with Crippen LogP contribution in [0.25, 0.3) is 0 Å². The van der Waals surface area contributed by atoms with Gasteiger partial charge in [0.2, 0.25) is 0 Å². The number of Topliss-reactive ketones (excluding diaryl/α,β-unsaturated/α-hetero) is 2. The quantitative estimate of drug-likeness (QED) is 0.351. The number of hydrogen-bond donors (Lipinski definition) is 0. The van der Waals surface area contributed by atoms with E-state index in [1.54, 1.807) is 0 Å². The molecule has 0 aliphatic heterocycles. The summed E-state index contributed by atoms with van der Waals surface area (Å²) in [6.45, 7) is 6.60. The lowest BCUT2D eigenvalue weighted by molar-refractivity contribution is -0.122. The first-order valence-electron chi connectivity index (χ1n) is 7.89. The smallest absolute Gasteiger partial charge is 0.184 e. The Hall–Kier alpha value is -1.04. The topological polar surface area (TPSA) is 52.6 Å². The number of carbonyl (C=O) groups is 2. The minimum atomic E-state index is -1.60. The first-order valence-corrected chi connectivity index (χ1v) is 11.3. The molecule has 0 bridgehead atoms. The fourth-order valence-corrected chi connectivity index (χ4v) is 3.44. The van der Waals surface area contributed by atoms with Crippen molar-refractivity contribution in [3.63, 3.8) is 0 Å². The molecule has 0 saturated heterocycles. The van der Waals surface area contributed by atoms with Crippen molar-refractivity contribution in [2.75, 3.05) is 13.7 Å². The summed E-state index contributed by atoms with van der Waals surface area (Å²) >= 11 is 0. The summed E-state index contributed by atoms with van der Waals surface area (Å²) in [5.41, 5.74) is 0.856. The second-order valence-corrected chi connectivity index (χ2v) is 11.1. The summed E-state index contributed by atoms with van der Waals surface area (Å²) in [7, 11) is -0.0740. The fourth-order valence-electron chi connectivity index (χ4n) is 2.38. The van der Waals surface area contributed by atoms with Crippen molar-refractivity contribution in [1.29, 1.82) is 0 Å². The minimum Gasteiger partial charge on any atom is -0.411 e. The zero-order valence-corrected chi connectivity index (χ0v) is 15.2. The Morgan fingerprint density at radius 1 is 1.36 bits per heavy atom. The van der Waals surface area contributed by atoms with E-state index in [-0.39, 0.29) is 24.3 Å². The third-order valence-electron chi connectivity index (χ3n) is 3.27. The van der Waals surface area contributed by atoms with Crippen molar-refractivity contribution >= 4 is 19.9 Å². The molecule has 0 aromatic carbocycles. The maximum absolute atomic E-state index is 11.9. The SMILES string of the molecule is COCC(=O)CCC/C=C\CC1=CC(O[Si](C)(C)C)CC1=O. The number of carbonyl (C=O) groups excluding carboxylic acids is 2. The highest BCUT2D eigenvalue weighted by molar-refractivity contribution is 6.69. The van der Waals surface area contributed by atoms with Gasteiger partial charge >= 0.3 is 0 Å². The van der Waals surface area contributed by atoms with Gasteiger partial charge in [-0.1, -0.05) is 12.2 Å². The average molecular weight is 324 g/mol. The van der Waals surface area contributed by atoms with E-state index >= 15 is 0 Å². The second kappa shape index (κ2) is 9.18. The van der Waals surface area contributed by atoms with E-state index in [1.165, 1.54) is 7.11 Å². The van der Waals surface area contributed by atoms with Crippen molar-refractivity contribution < 1.29 is 18.8 Å². The summed E-state index contributed by atoms with van der Waals surface area (Å²) in [5, 5.41) is 0. The molecule has 5 heteroatoms. The van der Waals surface area contributed by atoms with Crippen LogP contribution < -0.4 is 0 Å². The van der Waals surface area contributed by atoms with Crippen LogP contribution in [0.1, 0.15) is 32.1 Å². The predicted octanol–water partition coefficient (Wildman–Crippen LogP) is 3.44. The first-order chi connectivity index (χ1) is 10.3. The van der Waals surface area contributed by atoms with Crippen LogP contribution >= 0.6 is 0 Å². The molecule has 1 atom stereocenters. The Kier molecular flexibility index (Phi) is 7.93. The van der Waals surface area contributed by atoms with E-state index in [1.807, 2.05) is 18.2 Å². The van der Waals surface area contributed by atoms with Crippen LogP contribution in [-0.2, 0) is 18.8 Å². The van der Waals surface area contributed by atoms with E-state index in [2.05, 4.69) is 19.6 Å². The summed E-state index contributed by atoms with van der Waals surface area (Å²) < 4.78 is 10.7. The zero-order chi connectivity index (χ0) is 16.6. The maximum Gasteiger partial charge on any atom is 0.184 e. The molecule has 0 aromatic heterocycles. The van der Waals surface area contributed by atoms with Crippen LogP contribution in [-0.4, -0.2) is 39.7 Å². The molecule has 1 aliphatic carbocycles. The second-order valence-electron chi connectivity index (χ2n) is 6.63. The normalized spacial score (nSPS) is 19.0. The standard InChI is InChI=1S/C17H28O4Si/c1-20-13-15(18)10-8-6-5-7-9-14-11-16(12-17(14)19)21-22(2,3)4/h5,7,11,16H,6,8-10,12-13H2,1-4H3/b7-5-. The molecule has 22 heavy (non-hydrogen) atoms. The molecular formula is C17H28O4Si. The summed E-state index contributed by atoms with van der Waals surface area (Å²) in [6.07, 6.45) is 9.38. The number of rotatable bonds is 10. The van der Waals surface area contributed by atoms with Gasteiger partial charge in [0.25, 0.3) is 0 Å². The van der Waals surface area contributed by atoms with E-state index in [0.29, 0.717) is 19.3 Å². The zero-order valence-electron chi connectivity index (χ0n) is 14.2. The van der Waals surface area contributed by atoms with E-state index in [4.69, 9.17) is 9.16 Å². The van der Waals surface area contributed by atoms with Crippen LogP contribution in [0.5, 0.6) is 0 Å². The van der Waals surface area contributed by atoms with Crippen LogP contribution in [0.15, 0.2) is 23.8 Å². The van der Waals surface area contributed by atoms with Gasteiger partial charge in [-0.15, -0.1) is 0 Å². The molecule has 0 N–H and O–H groups in total. The number of methoxy groups -OCH3 is 1. The van der Waals surface area contributed by atoms with Crippen LogP contribution in [0, 0.1) is 0 Å². The predicted molar refractivity (Wildman–Crippen MR) is 90.4 cm³/mol. The van der Waals surface area contributed by atoms with Gasteiger partial charge in [-0.25, -0.2) is 0 Å². The molecule has 0 saturated carbocycles. The molecule has 0 fully saturated rings. The largest absolute Gasteiger partial charge is 0.411 e. The molecule has 4 nitrogen and oxygen atoms in total. The molecule has 124 valence electrons. The van der Waals surface area contributed by atoms with Crippen LogP contribution in [0.2, 0.25) is 19.6 Å². The van der Waals surface area contributed by atoms with Gasteiger partial charge in [0, 0.05) is 20.0 Å². The maximum atomic E-state index is 11.9. The number of unbranched alkanes of at least 4 members (excludes halogenated alkanes) is 1. The van der Waals surface area contributed by atoms with Crippen molar-refractivity contribution in [3.05, 3.63) is 23.8 Å². The fraction of sp³-hybridized carbons (Fsp3) is 0.647. The molecule has 1 unspecified atom stereocenters. The lowest BCUT2D eigenvalue weighted by atomic mass is 10.1. The van der Waals surface area contributed by atoms with Crippen molar-refractivity contribution in [1.82, 2.24) is 0 Å². The molecule has 0 amide bonds. The van der Waals surface area contributed by atoms with Crippen molar-refractivity contribution in [2.45, 2.75) is 57.8 Å². The highest BCUT2D eigenvalue weighted by Gasteiger charge is 2.27. The van der Waals surface area contributed by atoms with E-state index in [0.717, 1.165) is 18.4 Å². The lowest BCUT2D eigenvalue weighted by Crippen LogP contribution is -2.30. The Bertz CT molecular complexity index is 446. The van der Waals surface area contributed by atoms with Crippen LogP contribution in [0.3, 0.4) is 0 Å². The van der Waals surface area contributed by atoms with E-state index < -0.39 is 8.32 Å². The summed E-state index contributed by atoms with van der Waals surface area (Å²) in [4.78, 5) is 23.2. The lowest BCUT2D eigenvalue weighted by Gasteiger charge is -2.21. The van der Waals surface area contributed by atoms with Gasteiger partial charge in [-0.05, 0) is 50.6 Å². The van der Waals surface area contributed by atoms with E-state index in [9.17, 15) is 9.59 Å². The molecule has 0 spiro atoms. The monoisotopic (exact) mass is 324 g/mol. The molecule has 0 heterocycles. The highest BCUT2D eigenvalue weighted by atomic mass is 28.4.